The lowest BCUT2D eigenvalue weighted by Gasteiger charge is -2.22. The molecule has 0 radical (unpaired) electrons. The molecule has 1 heterocycles. The van der Waals surface area contributed by atoms with E-state index in [9.17, 15) is 18.3 Å². The van der Waals surface area contributed by atoms with Crippen LogP contribution >= 0.6 is 0 Å². The summed E-state index contributed by atoms with van der Waals surface area (Å²) in [7, 11) is 1.65. The maximum absolute atomic E-state index is 12.5. The summed E-state index contributed by atoms with van der Waals surface area (Å²) in [5, 5.41) is 9.97. The number of pyridine rings is 1. The first-order valence-corrected chi connectivity index (χ1v) is 7.40. The predicted molar refractivity (Wildman–Crippen MR) is 84.6 cm³/mol. The van der Waals surface area contributed by atoms with Crippen LogP contribution in [0.15, 0.2) is 48.7 Å². The molecule has 1 N–H and O–H groups in total. The van der Waals surface area contributed by atoms with Crippen molar-refractivity contribution in [3.05, 3.63) is 59.8 Å². The van der Waals surface area contributed by atoms with Crippen LogP contribution in [-0.2, 0) is 17.5 Å². The summed E-state index contributed by atoms with van der Waals surface area (Å²) in [5.41, 5.74) is 0.203. The van der Waals surface area contributed by atoms with Crippen LogP contribution in [0, 0.1) is 0 Å². The standard InChI is InChI=1S/C17H19F3N2O2/c1-22(16-8-7-14(9-21-16)17(18,19)20)10-15(23)12-24-11-13-5-3-2-4-6-13/h2-9,15,23H,10-12H2,1H3. The Morgan fingerprint density at radius 3 is 2.46 bits per heavy atom. The van der Waals surface area contributed by atoms with Crippen molar-refractivity contribution >= 4 is 5.82 Å². The van der Waals surface area contributed by atoms with Gasteiger partial charge in [-0.1, -0.05) is 30.3 Å². The highest BCUT2D eigenvalue weighted by Gasteiger charge is 2.30. The van der Waals surface area contributed by atoms with Gasteiger partial charge in [-0.25, -0.2) is 4.98 Å². The van der Waals surface area contributed by atoms with Crippen molar-refractivity contribution in [3.63, 3.8) is 0 Å². The Morgan fingerprint density at radius 1 is 1.17 bits per heavy atom. The largest absolute Gasteiger partial charge is 0.417 e. The number of aliphatic hydroxyl groups excluding tert-OH is 1. The number of nitrogens with zero attached hydrogens (tertiary/aromatic N) is 2. The van der Waals surface area contributed by atoms with Crippen molar-refractivity contribution in [1.82, 2.24) is 4.98 Å². The molecule has 0 saturated heterocycles. The minimum atomic E-state index is -4.41. The lowest BCUT2D eigenvalue weighted by Crippen LogP contribution is -2.32. The average Bonchev–Trinajstić information content (AvgIpc) is 2.55. The Labute approximate surface area is 138 Å². The molecule has 1 aromatic carbocycles. The van der Waals surface area contributed by atoms with Crippen molar-refractivity contribution in [1.29, 1.82) is 0 Å². The van der Waals surface area contributed by atoms with Gasteiger partial charge < -0.3 is 14.7 Å². The summed E-state index contributed by atoms with van der Waals surface area (Å²) >= 11 is 0. The van der Waals surface area contributed by atoms with Gasteiger partial charge in [0, 0.05) is 19.8 Å². The number of ether oxygens (including phenoxy) is 1. The average molecular weight is 340 g/mol. The summed E-state index contributed by atoms with van der Waals surface area (Å²) < 4.78 is 42.9. The number of likely N-dealkylation sites (N-methyl/N-ethyl adjacent to an activating group) is 1. The minimum absolute atomic E-state index is 0.125. The first-order valence-electron chi connectivity index (χ1n) is 7.40. The van der Waals surface area contributed by atoms with Gasteiger partial charge in [0.1, 0.15) is 5.82 Å². The SMILES string of the molecule is CN(CC(O)COCc1ccccc1)c1ccc(C(F)(F)F)cn1. The van der Waals surface area contributed by atoms with E-state index in [1.807, 2.05) is 30.3 Å². The van der Waals surface area contributed by atoms with Crippen LogP contribution in [0.25, 0.3) is 0 Å². The first-order chi connectivity index (χ1) is 11.4. The normalized spacial score (nSPS) is 12.9. The van der Waals surface area contributed by atoms with Crippen LogP contribution in [-0.4, -0.2) is 36.4 Å². The van der Waals surface area contributed by atoms with Crippen molar-refractivity contribution in [2.45, 2.75) is 18.9 Å². The number of aromatic nitrogens is 1. The molecule has 0 bridgehead atoms. The van der Waals surface area contributed by atoms with E-state index >= 15 is 0 Å². The molecule has 0 fully saturated rings. The van der Waals surface area contributed by atoms with E-state index < -0.39 is 17.8 Å². The van der Waals surface area contributed by atoms with Crippen molar-refractivity contribution in [3.8, 4) is 0 Å². The van der Waals surface area contributed by atoms with E-state index in [2.05, 4.69) is 4.98 Å². The lowest BCUT2D eigenvalue weighted by atomic mass is 10.2. The minimum Gasteiger partial charge on any atom is -0.389 e. The summed E-state index contributed by atoms with van der Waals surface area (Å²) in [6, 6.07) is 11.8. The molecule has 1 unspecified atom stereocenters. The van der Waals surface area contributed by atoms with Gasteiger partial charge in [-0.05, 0) is 17.7 Å². The molecular weight excluding hydrogens is 321 g/mol. The number of benzene rings is 1. The fourth-order valence-electron chi connectivity index (χ4n) is 2.13. The maximum atomic E-state index is 12.5. The van der Waals surface area contributed by atoms with E-state index in [0.29, 0.717) is 12.4 Å². The monoisotopic (exact) mass is 340 g/mol. The molecule has 7 heteroatoms. The van der Waals surface area contributed by atoms with Crippen LogP contribution in [0.1, 0.15) is 11.1 Å². The molecule has 1 aromatic heterocycles. The zero-order chi connectivity index (χ0) is 17.6. The van der Waals surface area contributed by atoms with Crippen LogP contribution in [0.4, 0.5) is 19.0 Å². The smallest absolute Gasteiger partial charge is 0.389 e. The van der Waals surface area contributed by atoms with Crippen LogP contribution in [0.3, 0.4) is 0 Å². The molecule has 0 aliphatic rings. The highest BCUT2D eigenvalue weighted by atomic mass is 19.4. The van der Waals surface area contributed by atoms with Crippen LogP contribution in [0.2, 0.25) is 0 Å². The fourth-order valence-corrected chi connectivity index (χ4v) is 2.13. The second-order valence-corrected chi connectivity index (χ2v) is 5.44. The molecule has 0 saturated carbocycles. The Balaban J connectivity index is 1.79. The van der Waals surface area contributed by atoms with Crippen LogP contribution in [0.5, 0.6) is 0 Å². The zero-order valence-electron chi connectivity index (χ0n) is 13.2. The van der Waals surface area contributed by atoms with E-state index in [-0.39, 0.29) is 13.2 Å². The number of alkyl halides is 3. The Bertz CT molecular complexity index is 618. The maximum Gasteiger partial charge on any atom is 0.417 e. The molecule has 0 aliphatic carbocycles. The van der Waals surface area contributed by atoms with Gasteiger partial charge in [0.2, 0.25) is 0 Å². The Kier molecular flexibility index (Phi) is 6.16. The summed E-state index contributed by atoms with van der Waals surface area (Å²) in [5.74, 6) is 0.352. The van der Waals surface area contributed by atoms with Gasteiger partial charge >= 0.3 is 6.18 Å². The number of aliphatic hydroxyl groups is 1. The molecule has 4 nitrogen and oxygen atoms in total. The van der Waals surface area contributed by atoms with Gasteiger partial charge in [0.05, 0.1) is 24.9 Å². The number of halogens is 3. The van der Waals surface area contributed by atoms with Gasteiger partial charge in [-0.15, -0.1) is 0 Å². The molecule has 0 spiro atoms. The van der Waals surface area contributed by atoms with Crippen molar-refractivity contribution in [2.75, 3.05) is 25.1 Å². The molecule has 130 valence electrons. The van der Waals surface area contributed by atoms with E-state index in [0.717, 1.165) is 17.8 Å². The molecule has 2 rings (SSSR count). The highest BCUT2D eigenvalue weighted by molar-refractivity contribution is 5.38. The molecule has 24 heavy (non-hydrogen) atoms. The third-order valence-electron chi connectivity index (χ3n) is 3.37. The van der Waals surface area contributed by atoms with Gasteiger partial charge in [0.15, 0.2) is 0 Å². The molecular formula is C17H19F3N2O2. The van der Waals surface area contributed by atoms with Crippen molar-refractivity contribution in [2.24, 2.45) is 0 Å². The second kappa shape index (κ2) is 8.12. The lowest BCUT2D eigenvalue weighted by molar-refractivity contribution is -0.137. The molecule has 2 aromatic rings. The van der Waals surface area contributed by atoms with Crippen LogP contribution < -0.4 is 4.90 Å². The van der Waals surface area contributed by atoms with E-state index in [1.165, 1.54) is 6.07 Å². The third-order valence-corrected chi connectivity index (χ3v) is 3.37. The number of hydrogen-bond acceptors (Lipinski definition) is 4. The quantitative estimate of drug-likeness (QED) is 0.841. The van der Waals surface area contributed by atoms with E-state index in [1.54, 1.807) is 11.9 Å². The Hall–Kier alpha value is -2.12. The predicted octanol–water partition coefficient (Wildman–Crippen LogP) is 3.11. The van der Waals surface area contributed by atoms with Gasteiger partial charge in [0.25, 0.3) is 0 Å². The second-order valence-electron chi connectivity index (χ2n) is 5.44. The molecule has 1 atom stereocenters. The summed E-state index contributed by atoms with van der Waals surface area (Å²) in [6.07, 6.45) is -4.40. The first kappa shape index (κ1) is 18.2. The van der Waals surface area contributed by atoms with Crippen molar-refractivity contribution < 1.29 is 23.0 Å². The Morgan fingerprint density at radius 2 is 1.88 bits per heavy atom. The summed E-state index contributed by atoms with van der Waals surface area (Å²) in [4.78, 5) is 5.36. The highest BCUT2D eigenvalue weighted by Crippen LogP contribution is 2.29. The number of rotatable bonds is 7. The van der Waals surface area contributed by atoms with Gasteiger partial charge in [-0.2, -0.15) is 13.2 Å². The number of hydrogen-bond donors (Lipinski definition) is 1. The third kappa shape index (κ3) is 5.50. The zero-order valence-corrected chi connectivity index (χ0v) is 13.2. The van der Waals surface area contributed by atoms with Gasteiger partial charge in [-0.3, -0.25) is 0 Å². The van der Waals surface area contributed by atoms with E-state index in [4.69, 9.17) is 4.74 Å². The molecule has 0 amide bonds. The fraction of sp³-hybridized carbons (Fsp3) is 0.353. The molecule has 0 aliphatic heterocycles. The topological polar surface area (TPSA) is 45.6 Å². The number of anilines is 1. The summed E-state index contributed by atoms with van der Waals surface area (Å²) in [6.45, 7) is 0.715.